The van der Waals surface area contributed by atoms with Crippen molar-refractivity contribution >= 4 is 23.2 Å². The highest BCUT2D eigenvalue weighted by atomic mass is 35.5. The third-order valence-electron chi connectivity index (χ3n) is 2.84. The van der Waals surface area contributed by atoms with Crippen molar-refractivity contribution in [1.29, 1.82) is 0 Å². The van der Waals surface area contributed by atoms with Crippen LogP contribution >= 0.6 is 23.2 Å². The zero-order valence-corrected chi connectivity index (χ0v) is 11.8. The Bertz CT molecular complexity index is 540. The fourth-order valence-electron chi connectivity index (χ4n) is 1.75. The fraction of sp³-hybridized carbons (Fsp3) is 0.200. The second-order valence-electron chi connectivity index (χ2n) is 4.29. The number of hydrogen-bond donors (Lipinski definition) is 1. The van der Waals surface area contributed by atoms with E-state index in [4.69, 9.17) is 23.2 Å². The first-order chi connectivity index (χ1) is 9.19. The van der Waals surface area contributed by atoms with Gasteiger partial charge in [0.05, 0.1) is 0 Å². The van der Waals surface area contributed by atoms with E-state index in [1.165, 1.54) is 6.07 Å². The predicted octanol–water partition coefficient (Wildman–Crippen LogP) is 4.51. The summed E-state index contributed by atoms with van der Waals surface area (Å²) in [5.41, 5.74) is 2.85. The summed E-state index contributed by atoms with van der Waals surface area (Å²) >= 11 is 11.4. The van der Waals surface area contributed by atoms with Crippen LogP contribution in [0.25, 0.3) is 0 Å². The molecular formula is C15H14Cl2FN. The highest BCUT2D eigenvalue weighted by Crippen LogP contribution is 2.14. The molecule has 4 heteroatoms. The average molecular weight is 298 g/mol. The van der Waals surface area contributed by atoms with Crippen molar-refractivity contribution in [2.24, 2.45) is 0 Å². The van der Waals surface area contributed by atoms with Gasteiger partial charge < -0.3 is 5.32 Å². The van der Waals surface area contributed by atoms with E-state index < -0.39 is 0 Å². The van der Waals surface area contributed by atoms with Gasteiger partial charge in [-0.1, -0.05) is 41.9 Å². The van der Waals surface area contributed by atoms with Gasteiger partial charge in [0.1, 0.15) is 5.82 Å². The van der Waals surface area contributed by atoms with E-state index in [9.17, 15) is 4.39 Å². The minimum atomic E-state index is -0.280. The first-order valence-electron chi connectivity index (χ1n) is 5.97. The van der Waals surface area contributed by atoms with Crippen LogP contribution in [0.15, 0.2) is 42.5 Å². The van der Waals surface area contributed by atoms with Gasteiger partial charge in [0.2, 0.25) is 0 Å². The zero-order chi connectivity index (χ0) is 13.7. The highest BCUT2D eigenvalue weighted by Gasteiger charge is 2.02. The molecule has 2 rings (SSSR count). The Morgan fingerprint density at radius 2 is 1.63 bits per heavy atom. The van der Waals surface area contributed by atoms with Gasteiger partial charge in [-0.2, -0.15) is 0 Å². The normalized spacial score (nSPS) is 10.7. The summed E-state index contributed by atoms with van der Waals surface area (Å²) in [6.45, 7) is 1.16. The number of rotatable bonds is 5. The van der Waals surface area contributed by atoms with Gasteiger partial charge in [0.15, 0.2) is 0 Å². The molecule has 1 nitrogen and oxygen atoms in total. The van der Waals surface area contributed by atoms with Crippen molar-refractivity contribution in [2.75, 3.05) is 0 Å². The lowest BCUT2D eigenvalue weighted by atomic mass is 10.1. The maximum atomic E-state index is 13.5. The van der Waals surface area contributed by atoms with Crippen molar-refractivity contribution in [2.45, 2.75) is 19.0 Å². The van der Waals surface area contributed by atoms with Crippen LogP contribution in [0.3, 0.4) is 0 Å². The van der Waals surface area contributed by atoms with Gasteiger partial charge in [-0.05, 0) is 23.3 Å². The second kappa shape index (κ2) is 6.90. The Morgan fingerprint density at radius 1 is 0.947 bits per heavy atom. The van der Waals surface area contributed by atoms with E-state index in [-0.39, 0.29) is 5.82 Å². The average Bonchev–Trinajstić information content (AvgIpc) is 2.42. The number of hydrogen-bond acceptors (Lipinski definition) is 1. The molecule has 0 aliphatic rings. The monoisotopic (exact) mass is 297 g/mol. The third kappa shape index (κ3) is 4.20. The Balaban J connectivity index is 1.88. The Kier molecular flexibility index (Phi) is 5.20. The molecule has 0 fully saturated rings. The van der Waals surface area contributed by atoms with Crippen LogP contribution in [0.2, 0.25) is 5.02 Å². The minimum absolute atomic E-state index is 0.280. The smallest absolute Gasteiger partial charge is 0.129 e. The number of benzene rings is 2. The standard InChI is InChI=1S/C15H14Cl2FN/c16-8-11-1-3-12(4-2-11)9-19-10-13-5-6-14(17)7-15(13)18/h1-7,19H,8-10H2. The predicted molar refractivity (Wildman–Crippen MR) is 78.0 cm³/mol. The minimum Gasteiger partial charge on any atom is -0.309 e. The molecule has 2 aromatic carbocycles. The van der Waals surface area contributed by atoms with Crippen LogP contribution in [0.1, 0.15) is 16.7 Å². The van der Waals surface area contributed by atoms with Crippen molar-refractivity contribution in [1.82, 2.24) is 5.32 Å². The summed E-state index contributed by atoms with van der Waals surface area (Å²) in [5.74, 6) is 0.237. The third-order valence-corrected chi connectivity index (χ3v) is 3.38. The first kappa shape index (κ1) is 14.3. The lowest BCUT2D eigenvalue weighted by molar-refractivity contribution is 0.588. The Morgan fingerprint density at radius 3 is 2.26 bits per heavy atom. The van der Waals surface area contributed by atoms with Crippen molar-refractivity contribution in [3.63, 3.8) is 0 Å². The molecule has 0 aliphatic carbocycles. The number of alkyl halides is 1. The molecule has 0 saturated carbocycles. The first-order valence-corrected chi connectivity index (χ1v) is 6.88. The summed E-state index contributed by atoms with van der Waals surface area (Å²) in [5, 5.41) is 3.61. The molecule has 0 aliphatic heterocycles. The largest absolute Gasteiger partial charge is 0.309 e. The van der Waals surface area contributed by atoms with Crippen LogP contribution in [-0.2, 0) is 19.0 Å². The van der Waals surface area contributed by atoms with Gasteiger partial charge in [-0.15, -0.1) is 11.6 Å². The van der Waals surface area contributed by atoms with Gasteiger partial charge >= 0.3 is 0 Å². The molecule has 0 amide bonds. The molecule has 0 radical (unpaired) electrons. The summed E-state index contributed by atoms with van der Waals surface area (Å²) in [7, 11) is 0. The summed E-state index contributed by atoms with van der Waals surface area (Å²) in [6.07, 6.45) is 0. The van der Waals surface area contributed by atoms with Gasteiger partial charge in [-0.25, -0.2) is 4.39 Å². The molecular weight excluding hydrogens is 284 g/mol. The van der Waals surface area contributed by atoms with Crippen LogP contribution in [0.4, 0.5) is 4.39 Å². The molecule has 0 heterocycles. The number of nitrogens with one attached hydrogen (secondary N) is 1. The zero-order valence-electron chi connectivity index (χ0n) is 10.3. The fourth-order valence-corrected chi connectivity index (χ4v) is 2.09. The highest BCUT2D eigenvalue weighted by molar-refractivity contribution is 6.30. The molecule has 0 bridgehead atoms. The van der Waals surface area contributed by atoms with Crippen LogP contribution < -0.4 is 5.32 Å². The quantitative estimate of drug-likeness (QED) is 0.801. The molecule has 0 atom stereocenters. The van der Waals surface area contributed by atoms with Crippen LogP contribution in [-0.4, -0.2) is 0 Å². The van der Waals surface area contributed by atoms with E-state index in [1.807, 2.05) is 24.3 Å². The van der Waals surface area contributed by atoms with Crippen molar-refractivity contribution in [3.05, 3.63) is 70.0 Å². The second-order valence-corrected chi connectivity index (χ2v) is 4.99. The summed E-state index contributed by atoms with van der Waals surface area (Å²) < 4.78 is 13.5. The van der Waals surface area contributed by atoms with Crippen molar-refractivity contribution < 1.29 is 4.39 Å². The van der Waals surface area contributed by atoms with E-state index in [1.54, 1.807) is 12.1 Å². The SMILES string of the molecule is Fc1cc(Cl)ccc1CNCc1ccc(CCl)cc1. The van der Waals surface area contributed by atoms with Gasteiger partial charge in [-0.3, -0.25) is 0 Å². The van der Waals surface area contributed by atoms with E-state index in [0.29, 0.717) is 29.6 Å². The number of halogens is 3. The van der Waals surface area contributed by atoms with Gasteiger partial charge in [0, 0.05) is 29.6 Å². The molecule has 1 N–H and O–H groups in total. The lowest BCUT2D eigenvalue weighted by Crippen LogP contribution is -2.13. The molecule has 0 unspecified atom stereocenters. The van der Waals surface area contributed by atoms with E-state index in [2.05, 4.69) is 5.32 Å². The lowest BCUT2D eigenvalue weighted by Gasteiger charge is -2.07. The molecule has 0 saturated heterocycles. The van der Waals surface area contributed by atoms with E-state index in [0.717, 1.165) is 11.1 Å². The maximum absolute atomic E-state index is 13.5. The molecule has 2 aromatic rings. The molecule has 0 spiro atoms. The molecule has 0 aromatic heterocycles. The van der Waals surface area contributed by atoms with Crippen LogP contribution in [0.5, 0.6) is 0 Å². The van der Waals surface area contributed by atoms with Crippen LogP contribution in [0, 0.1) is 5.82 Å². The summed E-state index contributed by atoms with van der Waals surface area (Å²) in [4.78, 5) is 0. The Labute approximate surface area is 122 Å². The Hall–Kier alpha value is -1.09. The van der Waals surface area contributed by atoms with Crippen molar-refractivity contribution in [3.8, 4) is 0 Å². The summed E-state index contributed by atoms with van der Waals surface area (Å²) in [6, 6.07) is 12.7. The topological polar surface area (TPSA) is 12.0 Å². The maximum Gasteiger partial charge on any atom is 0.129 e. The van der Waals surface area contributed by atoms with Gasteiger partial charge in [0.25, 0.3) is 0 Å². The van der Waals surface area contributed by atoms with E-state index >= 15 is 0 Å². The molecule has 19 heavy (non-hydrogen) atoms. The molecule has 100 valence electrons.